The third-order valence-corrected chi connectivity index (χ3v) is 6.14. The minimum absolute atomic E-state index is 0.140. The van der Waals surface area contributed by atoms with Crippen molar-refractivity contribution in [3.8, 4) is 0 Å². The van der Waals surface area contributed by atoms with Crippen LogP contribution in [0.5, 0.6) is 0 Å². The molecule has 2 amide bonds. The first-order valence-electron chi connectivity index (χ1n) is 11.3. The number of fused-ring (bicyclic) bond motifs is 3. The van der Waals surface area contributed by atoms with Gasteiger partial charge < -0.3 is 19.5 Å². The summed E-state index contributed by atoms with van der Waals surface area (Å²) in [6, 6.07) is 15.7. The van der Waals surface area contributed by atoms with E-state index in [1.54, 1.807) is 24.0 Å². The van der Waals surface area contributed by atoms with Crippen LogP contribution in [-0.4, -0.2) is 46.1 Å². The molecule has 3 aromatic rings. The van der Waals surface area contributed by atoms with Crippen molar-refractivity contribution in [3.05, 3.63) is 71.7 Å². The van der Waals surface area contributed by atoms with E-state index >= 15 is 0 Å². The zero-order valence-corrected chi connectivity index (χ0v) is 19.3. The molecule has 0 aliphatic carbocycles. The van der Waals surface area contributed by atoms with E-state index in [1.165, 1.54) is 12.1 Å². The smallest absolute Gasteiger partial charge is 0.271 e. The number of ether oxygens (including phenoxy) is 1. The second-order valence-corrected chi connectivity index (χ2v) is 9.00. The Morgan fingerprint density at radius 2 is 1.91 bits per heavy atom. The largest absolute Gasteiger partial charge is 0.379 e. The molecule has 1 aliphatic heterocycles. The lowest BCUT2D eigenvalue weighted by Gasteiger charge is -2.44. The van der Waals surface area contributed by atoms with Gasteiger partial charge in [-0.1, -0.05) is 30.3 Å². The summed E-state index contributed by atoms with van der Waals surface area (Å²) >= 11 is 0. The Labute approximate surface area is 193 Å². The molecular weight excluding hydrogens is 421 g/mol. The lowest BCUT2D eigenvalue weighted by molar-refractivity contribution is -0.133. The predicted molar refractivity (Wildman–Crippen MR) is 125 cm³/mol. The van der Waals surface area contributed by atoms with E-state index in [4.69, 9.17) is 4.74 Å². The molecule has 2 heterocycles. The Hall–Kier alpha value is -3.19. The minimum Gasteiger partial charge on any atom is -0.379 e. The molecule has 2 aromatic carbocycles. The first kappa shape index (κ1) is 23.0. The van der Waals surface area contributed by atoms with Gasteiger partial charge in [-0.25, -0.2) is 4.39 Å². The maximum absolute atomic E-state index is 13.7. The Morgan fingerprint density at radius 3 is 2.64 bits per heavy atom. The fraction of sp³-hybridized carbons (Fsp3) is 0.385. The van der Waals surface area contributed by atoms with Gasteiger partial charge in [0.2, 0.25) is 5.91 Å². The molecule has 0 saturated carbocycles. The molecule has 4 rings (SSSR count). The highest BCUT2D eigenvalue weighted by atomic mass is 19.1. The minimum atomic E-state index is -1.11. The number of hydrogen-bond donors (Lipinski definition) is 1. The van der Waals surface area contributed by atoms with E-state index in [-0.39, 0.29) is 30.3 Å². The van der Waals surface area contributed by atoms with Gasteiger partial charge in [0.1, 0.15) is 17.1 Å². The zero-order chi connectivity index (χ0) is 23.6. The first-order valence-corrected chi connectivity index (χ1v) is 11.3. The zero-order valence-electron chi connectivity index (χ0n) is 19.3. The molecule has 1 aliphatic rings. The van der Waals surface area contributed by atoms with E-state index in [0.29, 0.717) is 31.8 Å². The number of para-hydroxylation sites is 1. The van der Waals surface area contributed by atoms with E-state index in [9.17, 15) is 14.0 Å². The quantitative estimate of drug-likeness (QED) is 0.524. The molecule has 0 bridgehead atoms. The molecule has 0 spiro atoms. The molecule has 0 saturated heterocycles. The lowest BCUT2D eigenvalue weighted by Crippen LogP contribution is -2.63. The van der Waals surface area contributed by atoms with Crippen LogP contribution in [0, 0.1) is 5.82 Å². The van der Waals surface area contributed by atoms with Gasteiger partial charge in [-0.05, 0) is 57.0 Å². The van der Waals surface area contributed by atoms with Crippen LogP contribution in [-0.2, 0) is 22.6 Å². The fourth-order valence-corrected chi connectivity index (χ4v) is 4.31. The fourth-order valence-electron chi connectivity index (χ4n) is 4.31. The topological polar surface area (TPSA) is 63.6 Å². The molecule has 0 unspecified atom stereocenters. The van der Waals surface area contributed by atoms with Crippen LogP contribution in [0.2, 0.25) is 0 Å². The Morgan fingerprint density at radius 1 is 1.18 bits per heavy atom. The Bertz CT molecular complexity index is 1160. The number of nitrogens with one attached hydrogen (secondary N) is 1. The van der Waals surface area contributed by atoms with Crippen molar-refractivity contribution in [1.29, 1.82) is 0 Å². The lowest BCUT2D eigenvalue weighted by atomic mass is 9.93. The molecule has 1 atom stereocenters. The van der Waals surface area contributed by atoms with Crippen LogP contribution in [0.25, 0.3) is 10.9 Å². The van der Waals surface area contributed by atoms with Crippen LogP contribution >= 0.6 is 0 Å². The van der Waals surface area contributed by atoms with Gasteiger partial charge in [-0.3, -0.25) is 9.59 Å². The molecule has 174 valence electrons. The monoisotopic (exact) mass is 451 g/mol. The van der Waals surface area contributed by atoms with Gasteiger partial charge in [0, 0.05) is 30.6 Å². The maximum atomic E-state index is 13.7. The highest BCUT2D eigenvalue weighted by Crippen LogP contribution is 2.33. The van der Waals surface area contributed by atoms with Crippen molar-refractivity contribution in [3.63, 3.8) is 0 Å². The molecule has 7 heteroatoms. The molecule has 0 radical (unpaired) electrons. The van der Waals surface area contributed by atoms with Crippen molar-refractivity contribution in [1.82, 2.24) is 14.8 Å². The molecular formula is C26H30FN3O3. The maximum Gasteiger partial charge on any atom is 0.271 e. The summed E-state index contributed by atoms with van der Waals surface area (Å²) in [6.45, 7) is 7.29. The second kappa shape index (κ2) is 9.35. The van der Waals surface area contributed by atoms with Crippen LogP contribution in [0.1, 0.15) is 43.2 Å². The summed E-state index contributed by atoms with van der Waals surface area (Å²) in [5.41, 5.74) is 1.12. The predicted octanol–water partition coefficient (Wildman–Crippen LogP) is 4.13. The average Bonchev–Trinajstić information content (AvgIpc) is 3.16. The number of nitrogens with zero attached hydrogens (tertiary/aromatic N) is 2. The van der Waals surface area contributed by atoms with Crippen molar-refractivity contribution in [2.45, 2.75) is 51.9 Å². The van der Waals surface area contributed by atoms with E-state index < -0.39 is 5.54 Å². The van der Waals surface area contributed by atoms with E-state index in [2.05, 4.69) is 5.32 Å². The number of benzene rings is 2. The standard InChI is InChI=1S/C26H30FN3O3/c1-18(2)33-14-6-13-28-25(32)26(3)17-29-22-8-5-4-7-20(22)15-23(29)24(31)30(26)16-19-9-11-21(27)12-10-19/h4-5,7-12,15,18H,6,13-14,16-17H2,1-3H3,(H,28,32)/t26-/m1/s1. The van der Waals surface area contributed by atoms with Gasteiger partial charge in [-0.15, -0.1) is 0 Å². The third kappa shape index (κ3) is 4.64. The van der Waals surface area contributed by atoms with Gasteiger partial charge >= 0.3 is 0 Å². The summed E-state index contributed by atoms with van der Waals surface area (Å²) in [5.74, 6) is -0.776. The Kier molecular flexibility index (Phi) is 6.51. The number of aromatic nitrogens is 1. The normalized spacial score (nSPS) is 18.1. The van der Waals surface area contributed by atoms with Gasteiger partial charge in [0.05, 0.1) is 12.6 Å². The van der Waals surface area contributed by atoms with Crippen LogP contribution in [0.4, 0.5) is 4.39 Å². The van der Waals surface area contributed by atoms with Crippen LogP contribution < -0.4 is 5.32 Å². The summed E-state index contributed by atoms with van der Waals surface area (Å²) in [5, 5.41) is 3.95. The Balaban J connectivity index is 1.64. The van der Waals surface area contributed by atoms with E-state index in [0.717, 1.165) is 16.5 Å². The number of amides is 2. The highest BCUT2D eigenvalue weighted by molar-refractivity contribution is 6.03. The third-order valence-electron chi connectivity index (χ3n) is 6.14. The molecule has 1 N–H and O–H groups in total. The summed E-state index contributed by atoms with van der Waals surface area (Å²) in [6.07, 6.45) is 0.824. The number of rotatable bonds is 8. The molecule has 33 heavy (non-hydrogen) atoms. The average molecular weight is 452 g/mol. The SMILES string of the molecule is CC(C)OCCCNC(=O)[C@@]1(C)Cn2c(cc3ccccc32)C(=O)N1Cc1ccc(F)cc1. The molecule has 1 aromatic heterocycles. The van der Waals surface area contributed by atoms with Gasteiger partial charge in [0.25, 0.3) is 5.91 Å². The number of carbonyl (C=O) groups is 2. The number of hydrogen-bond acceptors (Lipinski definition) is 3. The van der Waals surface area contributed by atoms with E-state index in [1.807, 2.05) is 48.7 Å². The molecule has 0 fully saturated rings. The molecule has 6 nitrogen and oxygen atoms in total. The summed E-state index contributed by atoms with van der Waals surface area (Å²) in [7, 11) is 0. The second-order valence-electron chi connectivity index (χ2n) is 9.00. The van der Waals surface area contributed by atoms with Crippen molar-refractivity contribution in [2.75, 3.05) is 13.2 Å². The highest BCUT2D eigenvalue weighted by Gasteiger charge is 2.47. The van der Waals surface area contributed by atoms with Crippen LogP contribution in [0.3, 0.4) is 0 Å². The van der Waals surface area contributed by atoms with Crippen molar-refractivity contribution >= 4 is 22.7 Å². The first-order chi connectivity index (χ1) is 15.8. The number of carbonyl (C=O) groups excluding carboxylic acids is 2. The van der Waals surface area contributed by atoms with Gasteiger partial charge in [0.15, 0.2) is 0 Å². The van der Waals surface area contributed by atoms with Crippen molar-refractivity contribution < 1.29 is 18.7 Å². The number of halogens is 1. The summed E-state index contributed by atoms with van der Waals surface area (Å²) in [4.78, 5) is 28.7. The van der Waals surface area contributed by atoms with Crippen LogP contribution in [0.15, 0.2) is 54.6 Å². The van der Waals surface area contributed by atoms with Crippen molar-refractivity contribution in [2.24, 2.45) is 0 Å². The summed E-state index contributed by atoms with van der Waals surface area (Å²) < 4.78 is 20.9. The van der Waals surface area contributed by atoms with Gasteiger partial charge in [-0.2, -0.15) is 0 Å².